The van der Waals surface area contributed by atoms with Crippen molar-refractivity contribution in [2.24, 2.45) is 17.8 Å². The summed E-state index contributed by atoms with van der Waals surface area (Å²) in [5, 5.41) is 0. The van der Waals surface area contributed by atoms with E-state index in [4.69, 9.17) is 0 Å². The van der Waals surface area contributed by atoms with Gasteiger partial charge in [-0.3, -0.25) is 0 Å². The molecule has 1 saturated heterocycles. The molecular weight excluding hydrogens is 261 g/mol. The Hall–Kier alpha value is -0.110. The summed E-state index contributed by atoms with van der Waals surface area (Å²) >= 11 is 0. The summed E-state index contributed by atoms with van der Waals surface area (Å²) in [6.07, 6.45) is 15.4. The Morgan fingerprint density at radius 3 is 2.33 bits per heavy atom. The van der Waals surface area contributed by atoms with Gasteiger partial charge >= 0.3 is 0 Å². The van der Waals surface area contributed by atoms with Crippen LogP contribution in [-0.2, 0) is 0 Å². The van der Waals surface area contributed by atoms with E-state index in [0.717, 1.165) is 31.1 Å². The Balaban J connectivity index is 1.42. The van der Waals surface area contributed by atoms with Crippen LogP contribution in [-0.4, -0.2) is 25.8 Å². The van der Waals surface area contributed by atoms with Gasteiger partial charge in [0, 0.05) is 11.8 Å². The number of rotatable bonds is 4. The molecule has 2 heteroatoms. The third-order valence-corrected chi connectivity index (χ3v) is 6.41. The molecule has 1 aliphatic heterocycles. The smallest absolute Gasteiger partial charge is 0.101 e. The minimum atomic E-state index is -0.494. The number of likely N-dealkylation sites (tertiary alicyclic amines) is 1. The first kappa shape index (κ1) is 15.8. The van der Waals surface area contributed by atoms with Crippen LogP contribution < -0.4 is 4.90 Å². The molecule has 0 spiro atoms. The maximum absolute atomic E-state index is 13.6. The van der Waals surface area contributed by atoms with E-state index < -0.39 is 6.17 Å². The van der Waals surface area contributed by atoms with Gasteiger partial charge in [-0.2, -0.15) is 0 Å². The molecule has 0 aromatic carbocycles. The third kappa shape index (κ3) is 4.94. The summed E-state index contributed by atoms with van der Waals surface area (Å²) in [5.74, 6) is 2.69. The zero-order chi connectivity index (χ0) is 14.5. The number of piperidine rings is 1. The molecule has 0 amide bonds. The fourth-order valence-electron chi connectivity index (χ4n) is 5.35. The van der Waals surface area contributed by atoms with E-state index in [1.807, 2.05) is 0 Å². The molecular formula is C19H35FN+. The molecule has 1 heterocycles. The highest BCUT2D eigenvalue weighted by Crippen LogP contribution is 2.31. The zero-order valence-electron chi connectivity index (χ0n) is 13.8. The van der Waals surface area contributed by atoms with Gasteiger partial charge in [-0.05, 0) is 44.4 Å². The van der Waals surface area contributed by atoms with Crippen LogP contribution in [0.4, 0.5) is 4.39 Å². The number of alkyl halides is 1. The van der Waals surface area contributed by atoms with Gasteiger partial charge in [-0.15, -0.1) is 0 Å². The SMILES string of the molecule is FC1CCCC(C[NH+]2CCCC(CC3CCCCC3)C2)C1. The first-order chi connectivity index (χ1) is 10.3. The van der Waals surface area contributed by atoms with Crippen LogP contribution in [0.15, 0.2) is 0 Å². The van der Waals surface area contributed by atoms with E-state index in [-0.39, 0.29) is 0 Å². The molecule has 0 bridgehead atoms. The lowest BCUT2D eigenvalue weighted by Gasteiger charge is -2.35. The Labute approximate surface area is 130 Å². The van der Waals surface area contributed by atoms with Crippen molar-refractivity contribution in [1.29, 1.82) is 0 Å². The molecule has 2 aliphatic carbocycles. The number of hydrogen-bond donors (Lipinski definition) is 1. The fourth-order valence-corrected chi connectivity index (χ4v) is 5.35. The zero-order valence-corrected chi connectivity index (χ0v) is 13.8. The summed E-state index contributed by atoms with van der Waals surface area (Å²) in [4.78, 5) is 1.81. The van der Waals surface area contributed by atoms with Crippen molar-refractivity contribution in [1.82, 2.24) is 0 Å². The van der Waals surface area contributed by atoms with Crippen LogP contribution >= 0.6 is 0 Å². The number of hydrogen-bond acceptors (Lipinski definition) is 0. The maximum Gasteiger partial charge on any atom is 0.101 e. The summed E-state index contributed by atoms with van der Waals surface area (Å²) in [5.41, 5.74) is 0. The van der Waals surface area contributed by atoms with Crippen LogP contribution in [0.2, 0.25) is 0 Å². The maximum atomic E-state index is 13.6. The highest BCUT2D eigenvalue weighted by atomic mass is 19.1. The Bertz CT molecular complexity index is 300. The van der Waals surface area contributed by atoms with Crippen molar-refractivity contribution in [3.05, 3.63) is 0 Å². The number of quaternary nitrogens is 1. The average Bonchev–Trinajstić information content (AvgIpc) is 2.49. The number of nitrogens with one attached hydrogen (secondary N) is 1. The van der Waals surface area contributed by atoms with Gasteiger partial charge in [0.15, 0.2) is 0 Å². The molecule has 3 rings (SSSR count). The summed E-state index contributed by atoms with van der Waals surface area (Å²) in [6.45, 7) is 4.01. The van der Waals surface area contributed by atoms with Gasteiger partial charge in [0.1, 0.15) is 6.17 Å². The highest BCUT2D eigenvalue weighted by molar-refractivity contribution is 4.74. The predicted octanol–water partition coefficient (Wildman–Crippen LogP) is 3.78. The van der Waals surface area contributed by atoms with Gasteiger partial charge in [0.2, 0.25) is 0 Å². The fraction of sp³-hybridized carbons (Fsp3) is 1.00. The molecule has 4 atom stereocenters. The average molecular weight is 296 g/mol. The van der Waals surface area contributed by atoms with E-state index in [9.17, 15) is 4.39 Å². The van der Waals surface area contributed by atoms with E-state index in [0.29, 0.717) is 5.92 Å². The minimum absolute atomic E-state index is 0.494. The molecule has 3 aliphatic rings. The van der Waals surface area contributed by atoms with Crippen LogP contribution in [0.1, 0.15) is 77.0 Å². The molecule has 0 radical (unpaired) electrons. The van der Waals surface area contributed by atoms with Crippen molar-refractivity contribution in [3.63, 3.8) is 0 Å². The van der Waals surface area contributed by atoms with E-state index in [1.165, 1.54) is 77.4 Å². The largest absolute Gasteiger partial charge is 0.334 e. The summed E-state index contributed by atoms with van der Waals surface area (Å²) in [7, 11) is 0. The molecule has 1 N–H and O–H groups in total. The van der Waals surface area contributed by atoms with Gasteiger partial charge in [-0.25, -0.2) is 4.39 Å². The summed E-state index contributed by atoms with van der Waals surface area (Å²) in [6, 6.07) is 0. The van der Waals surface area contributed by atoms with Crippen molar-refractivity contribution in [3.8, 4) is 0 Å². The minimum Gasteiger partial charge on any atom is -0.334 e. The highest BCUT2D eigenvalue weighted by Gasteiger charge is 2.30. The molecule has 3 fully saturated rings. The predicted molar refractivity (Wildman–Crippen MR) is 86.3 cm³/mol. The second kappa shape index (κ2) is 7.94. The molecule has 122 valence electrons. The Morgan fingerprint density at radius 1 is 0.762 bits per heavy atom. The van der Waals surface area contributed by atoms with Gasteiger partial charge < -0.3 is 4.90 Å². The van der Waals surface area contributed by atoms with Gasteiger partial charge in [-0.1, -0.05) is 38.5 Å². The van der Waals surface area contributed by atoms with Crippen LogP contribution in [0, 0.1) is 17.8 Å². The van der Waals surface area contributed by atoms with Crippen molar-refractivity contribution >= 4 is 0 Å². The summed E-state index contributed by atoms with van der Waals surface area (Å²) < 4.78 is 13.6. The van der Waals surface area contributed by atoms with Crippen molar-refractivity contribution in [2.45, 2.75) is 83.2 Å². The first-order valence-corrected chi connectivity index (χ1v) is 9.77. The van der Waals surface area contributed by atoms with E-state index in [1.54, 1.807) is 4.90 Å². The molecule has 2 saturated carbocycles. The molecule has 0 aromatic rings. The number of halogens is 1. The quantitative estimate of drug-likeness (QED) is 0.805. The normalized spacial score (nSPS) is 39.3. The molecule has 4 unspecified atom stereocenters. The molecule has 0 aromatic heterocycles. The van der Waals surface area contributed by atoms with Crippen molar-refractivity contribution < 1.29 is 9.29 Å². The monoisotopic (exact) mass is 296 g/mol. The van der Waals surface area contributed by atoms with E-state index in [2.05, 4.69) is 0 Å². The second-order valence-corrected chi connectivity index (χ2v) is 8.29. The van der Waals surface area contributed by atoms with Crippen LogP contribution in [0.25, 0.3) is 0 Å². The lowest BCUT2D eigenvalue weighted by atomic mass is 9.80. The van der Waals surface area contributed by atoms with Gasteiger partial charge in [0.05, 0.1) is 19.6 Å². The molecule has 21 heavy (non-hydrogen) atoms. The lowest BCUT2D eigenvalue weighted by Crippen LogP contribution is -3.14. The Morgan fingerprint density at radius 2 is 1.52 bits per heavy atom. The Kier molecular flexibility index (Phi) is 5.97. The first-order valence-electron chi connectivity index (χ1n) is 9.77. The lowest BCUT2D eigenvalue weighted by molar-refractivity contribution is -0.912. The van der Waals surface area contributed by atoms with E-state index >= 15 is 0 Å². The van der Waals surface area contributed by atoms with Crippen LogP contribution in [0.3, 0.4) is 0 Å². The van der Waals surface area contributed by atoms with Crippen LogP contribution in [0.5, 0.6) is 0 Å². The molecule has 1 nitrogen and oxygen atoms in total. The standard InChI is InChI=1S/C19H34FN/c20-19-10-4-8-18(13-19)15-21-11-5-9-17(14-21)12-16-6-2-1-3-7-16/h16-19H,1-15H2/p+1. The topological polar surface area (TPSA) is 4.44 Å². The third-order valence-electron chi connectivity index (χ3n) is 6.41. The second-order valence-electron chi connectivity index (χ2n) is 8.29. The van der Waals surface area contributed by atoms with Gasteiger partial charge in [0.25, 0.3) is 0 Å². The van der Waals surface area contributed by atoms with Crippen molar-refractivity contribution in [2.75, 3.05) is 19.6 Å².